The van der Waals surface area contributed by atoms with Crippen LogP contribution >= 0.6 is 0 Å². The Hall–Kier alpha value is -5.32. The molecule has 0 saturated heterocycles. The van der Waals surface area contributed by atoms with Crippen LogP contribution in [-0.2, 0) is 34.8 Å². The second-order valence-corrected chi connectivity index (χ2v) is 11.9. The number of aromatic amines is 2. The number of aliphatic hydroxyl groups is 1. The average molecular weight is 635 g/mol. The molecule has 0 bridgehead atoms. The summed E-state index contributed by atoms with van der Waals surface area (Å²) in [5.41, 5.74) is 3.55. The van der Waals surface area contributed by atoms with Crippen LogP contribution in [0.3, 0.4) is 0 Å². The lowest BCUT2D eigenvalue weighted by atomic mass is 9.90. The molecule has 238 valence electrons. The van der Waals surface area contributed by atoms with Gasteiger partial charge in [-0.1, -0.05) is 60.7 Å². The molecule has 2 unspecified atom stereocenters. The van der Waals surface area contributed by atoms with Gasteiger partial charge in [-0.05, 0) is 54.3 Å². The van der Waals surface area contributed by atoms with Gasteiger partial charge >= 0.3 is 0 Å². The van der Waals surface area contributed by atoms with Crippen molar-refractivity contribution in [1.29, 1.82) is 0 Å². The predicted molar refractivity (Wildman–Crippen MR) is 172 cm³/mol. The van der Waals surface area contributed by atoms with Crippen LogP contribution in [0.4, 0.5) is 8.78 Å². The van der Waals surface area contributed by atoms with Crippen molar-refractivity contribution in [2.24, 2.45) is 0 Å². The average Bonchev–Trinajstić information content (AvgIpc) is 3.86. The number of imidazole rings is 1. The number of fused-ring (bicyclic) bond motifs is 2. The van der Waals surface area contributed by atoms with Gasteiger partial charge in [0.15, 0.2) is 17.4 Å². The Balaban J connectivity index is 1.05. The van der Waals surface area contributed by atoms with Crippen LogP contribution in [0.1, 0.15) is 41.8 Å². The molecule has 3 N–H and O–H groups in total. The third-order valence-electron chi connectivity index (χ3n) is 8.62. The van der Waals surface area contributed by atoms with E-state index in [1.54, 1.807) is 49.2 Å². The fourth-order valence-corrected chi connectivity index (χ4v) is 5.88. The number of ether oxygens (including phenoxy) is 2. The van der Waals surface area contributed by atoms with Gasteiger partial charge in [-0.2, -0.15) is 0 Å². The van der Waals surface area contributed by atoms with Crippen molar-refractivity contribution in [1.82, 2.24) is 19.9 Å². The number of H-pyrrole nitrogens is 2. The lowest BCUT2D eigenvalue weighted by Crippen LogP contribution is -2.35. The topological polar surface area (TPSA) is 103 Å². The summed E-state index contributed by atoms with van der Waals surface area (Å²) in [6.45, 7) is 4.67. The van der Waals surface area contributed by atoms with Gasteiger partial charge in [0.25, 0.3) is 5.91 Å². The molecule has 2 atom stereocenters. The fraction of sp³-hybridized carbons (Fsp3) is 0.189. The number of carbonyl (C=O) groups is 1. The molecule has 0 aliphatic carbocycles. The third kappa shape index (κ3) is 5.89. The number of hydrogen-bond acceptors (Lipinski definition) is 5. The summed E-state index contributed by atoms with van der Waals surface area (Å²) in [4.78, 5) is 25.4. The minimum atomic E-state index is -1.43. The highest BCUT2D eigenvalue weighted by molar-refractivity contribution is 5.82. The molecule has 1 aliphatic rings. The molecule has 1 aliphatic heterocycles. The maximum absolute atomic E-state index is 15.0. The van der Waals surface area contributed by atoms with E-state index in [1.165, 1.54) is 18.3 Å². The minimum Gasteiger partial charge on any atom is -0.451 e. The molecule has 0 spiro atoms. The van der Waals surface area contributed by atoms with Crippen LogP contribution in [0.2, 0.25) is 0 Å². The molecule has 2 aromatic heterocycles. The van der Waals surface area contributed by atoms with Crippen molar-refractivity contribution < 1.29 is 28.2 Å². The summed E-state index contributed by atoms with van der Waals surface area (Å²) < 4.78 is 41.2. The van der Waals surface area contributed by atoms with E-state index < -0.39 is 29.1 Å². The van der Waals surface area contributed by atoms with E-state index >= 15 is 0 Å². The van der Waals surface area contributed by atoms with Gasteiger partial charge in [-0.15, -0.1) is 0 Å². The van der Waals surface area contributed by atoms with Crippen LogP contribution in [-0.4, -0.2) is 37.0 Å². The first-order valence-corrected chi connectivity index (χ1v) is 15.2. The number of aromatic nitrogens is 3. The summed E-state index contributed by atoms with van der Waals surface area (Å²) in [6.07, 6.45) is 2.49. The molecule has 6 aromatic rings. The molecule has 4 aromatic carbocycles. The minimum absolute atomic E-state index is 0.0923. The zero-order valence-corrected chi connectivity index (χ0v) is 25.8. The first-order valence-electron chi connectivity index (χ1n) is 15.2. The monoisotopic (exact) mass is 634 g/mol. The predicted octanol–water partition coefficient (Wildman–Crippen LogP) is 7.33. The maximum Gasteiger partial charge on any atom is 0.252 e. The fourth-order valence-electron chi connectivity index (χ4n) is 5.88. The quantitative estimate of drug-likeness (QED) is 0.155. The van der Waals surface area contributed by atoms with Crippen molar-refractivity contribution in [2.45, 2.75) is 45.2 Å². The van der Waals surface area contributed by atoms with Gasteiger partial charge in [0.1, 0.15) is 23.3 Å². The van der Waals surface area contributed by atoms with E-state index in [0.29, 0.717) is 47.9 Å². The van der Waals surface area contributed by atoms with E-state index in [2.05, 4.69) is 15.0 Å². The normalized spacial score (nSPS) is 14.6. The van der Waals surface area contributed by atoms with Crippen molar-refractivity contribution in [3.8, 4) is 22.9 Å². The second-order valence-electron chi connectivity index (χ2n) is 11.9. The Morgan fingerprint density at radius 2 is 1.83 bits per heavy atom. The van der Waals surface area contributed by atoms with Gasteiger partial charge in [0, 0.05) is 36.3 Å². The van der Waals surface area contributed by atoms with Gasteiger partial charge in [0.2, 0.25) is 0 Å². The molecule has 1 amide bonds. The number of nitrogens with zero attached hydrogens (tertiary/aromatic N) is 2. The van der Waals surface area contributed by atoms with Gasteiger partial charge in [-0.3, -0.25) is 4.79 Å². The smallest absolute Gasteiger partial charge is 0.252 e. The highest BCUT2D eigenvalue weighted by Gasteiger charge is 2.32. The van der Waals surface area contributed by atoms with E-state index in [-0.39, 0.29) is 17.0 Å². The number of benzene rings is 4. The van der Waals surface area contributed by atoms with Gasteiger partial charge in [0.05, 0.1) is 24.0 Å². The molecular formula is C37H32F2N4O4. The number of rotatable bonds is 9. The molecule has 8 nitrogen and oxygen atoms in total. The molecule has 0 radical (unpaired) electrons. The summed E-state index contributed by atoms with van der Waals surface area (Å²) in [7, 11) is 0. The van der Waals surface area contributed by atoms with Crippen molar-refractivity contribution in [3.63, 3.8) is 0 Å². The molecule has 3 heterocycles. The molecule has 47 heavy (non-hydrogen) atoms. The largest absolute Gasteiger partial charge is 0.451 e. The number of carbonyl (C=O) groups excluding carboxylic acids is 1. The third-order valence-corrected chi connectivity index (χ3v) is 8.62. The van der Waals surface area contributed by atoms with Gasteiger partial charge in [-0.25, -0.2) is 13.8 Å². The van der Waals surface area contributed by atoms with E-state index in [1.807, 2.05) is 48.5 Å². The van der Waals surface area contributed by atoms with Gasteiger partial charge < -0.3 is 29.4 Å². The van der Waals surface area contributed by atoms with Crippen LogP contribution < -0.4 is 4.74 Å². The van der Waals surface area contributed by atoms with E-state index in [0.717, 1.165) is 16.7 Å². The molecule has 0 saturated carbocycles. The molecule has 10 heteroatoms. The number of hydrogen-bond donors (Lipinski definition) is 3. The van der Waals surface area contributed by atoms with Crippen LogP contribution in [0.15, 0.2) is 97.3 Å². The Labute approximate surface area is 269 Å². The van der Waals surface area contributed by atoms with E-state index in [9.17, 15) is 18.7 Å². The summed E-state index contributed by atoms with van der Waals surface area (Å²) in [5, 5.41) is 11.9. The number of nitrogens with one attached hydrogen (secondary N) is 2. The Kier molecular flexibility index (Phi) is 7.83. The lowest BCUT2D eigenvalue weighted by molar-refractivity contribution is -0.144. The highest BCUT2D eigenvalue weighted by atomic mass is 19.1. The summed E-state index contributed by atoms with van der Waals surface area (Å²) in [6, 6.07) is 24.8. The van der Waals surface area contributed by atoms with Crippen molar-refractivity contribution >= 4 is 16.8 Å². The van der Waals surface area contributed by atoms with Crippen molar-refractivity contribution in [2.75, 3.05) is 0 Å². The highest BCUT2D eigenvalue weighted by Crippen LogP contribution is 2.36. The Morgan fingerprint density at radius 1 is 1.02 bits per heavy atom. The first kappa shape index (κ1) is 30.3. The zero-order chi connectivity index (χ0) is 32.7. The van der Waals surface area contributed by atoms with Crippen LogP contribution in [0.25, 0.3) is 22.3 Å². The number of halogens is 2. The molecule has 0 fully saturated rings. The second kappa shape index (κ2) is 12.1. The molecule has 7 rings (SSSR count). The van der Waals surface area contributed by atoms with Crippen molar-refractivity contribution in [3.05, 3.63) is 137 Å². The first-order chi connectivity index (χ1) is 22.7. The van der Waals surface area contributed by atoms with Crippen LogP contribution in [0, 0.1) is 11.6 Å². The lowest BCUT2D eigenvalue weighted by Gasteiger charge is -2.23. The summed E-state index contributed by atoms with van der Waals surface area (Å²) in [5.74, 6) is -1.55. The summed E-state index contributed by atoms with van der Waals surface area (Å²) >= 11 is 0. The Morgan fingerprint density at radius 3 is 2.66 bits per heavy atom. The molecular weight excluding hydrogens is 602 g/mol. The van der Waals surface area contributed by atoms with Crippen LogP contribution in [0.5, 0.6) is 11.5 Å². The zero-order valence-electron chi connectivity index (χ0n) is 25.8. The van der Waals surface area contributed by atoms with E-state index in [4.69, 9.17) is 9.47 Å². The number of amides is 1. The maximum atomic E-state index is 15.0. The standard InChI is InChI=1S/C37H32F2N4O4/c1-22(46-21-23-7-4-3-5-8-23)36(44)43-19-25-11-12-27(15-26(25)20-43)37(2,45)32-18-41-35(42-32)24-9-6-10-28(16-24)47-34-30(38)17-31-29(33(34)39)13-14-40-31/h3-18,22,40,45H,19-21H2,1-2H3,(H,41,42). The Bertz CT molecular complexity index is 2090. The SMILES string of the molecule is CC(OCc1ccccc1)C(=O)N1Cc2ccc(C(C)(O)c3cnc(-c4cccc(Oc5c(F)cc6[nH]ccc6c5F)c4)[nH]3)cc2C1.